The third-order valence-corrected chi connectivity index (χ3v) is 5.02. The van der Waals surface area contributed by atoms with Gasteiger partial charge < -0.3 is 26.6 Å². The summed E-state index contributed by atoms with van der Waals surface area (Å²) in [5, 5.41) is 13.8. The summed E-state index contributed by atoms with van der Waals surface area (Å²) in [4.78, 5) is 35.2. The summed E-state index contributed by atoms with van der Waals surface area (Å²) in [6.45, 7) is 0.633. The summed E-state index contributed by atoms with van der Waals surface area (Å²) >= 11 is 0. The first-order chi connectivity index (χ1) is 12.6. The number of carbonyl (C=O) groups is 3. The van der Waals surface area contributed by atoms with Crippen molar-refractivity contribution in [2.75, 3.05) is 19.6 Å². The smallest absolute Gasteiger partial charge is 0.315 e. The Labute approximate surface area is 155 Å². The summed E-state index contributed by atoms with van der Waals surface area (Å²) in [7, 11) is 0. The topological polar surface area (TPSA) is 111 Å². The van der Waals surface area contributed by atoms with Crippen LogP contribution in [0.4, 0.5) is 9.59 Å². The molecular formula is C18H33N5O3. The second-order valence-corrected chi connectivity index (χ2v) is 7.25. The van der Waals surface area contributed by atoms with E-state index in [0.29, 0.717) is 13.1 Å². The third-order valence-electron chi connectivity index (χ3n) is 5.02. The fourth-order valence-corrected chi connectivity index (χ4v) is 3.57. The molecule has 2 aliphatic rings. The molecule has 0 aliphatic heterocycles. The minimum Gasteiger partial charge on any atom is -0.353 e. The molecule has 0 heterocycles. The number of nitrogens with one attached hydrogen (secondary N) is 5. The second kappa shape index (κ2) is 11.6. The van der Waals surface area contributed by atoms with Crippen molar-refractivity contribution >= 4 is 18.0 Å². The largest absolute Gasteiger partial charge is 0.353 e. The summed E-state index contributed by atoms with van der Waals surface area (Å²) in [5.74, 6) is -0.265. The molecule has 8 heteroatoms. The zero-order valence-corrected chi connectivity index (χ0v) is 15.6. The van der Waals surface area contributed by atoms with Crippen LogP contribution in [0.3, 0.4) is 0 Å². The predicted molar refractivity (Wildman–Crippen MR) is 99.8 cm³/mol. The summed E-state index contributed by atoms with van der Waals surface area (Å²) in [6, 6.07) is 0.0112. The number of hydrogen-bond donors (Lipinski definition) is 5. The molecular weight excluding hydrogens is 334 g/mol. The van der Waals surface area contributed by atoms with Crippen LogP contribution in [-0.2, 0) is 4.79 Å². The van der Waals surface area contributed by atoms with Gasteiger partial charge >= 0.3 is 12.1 Å². The van der Waals surface area contributed by atoms with Gasteiger partial charge in [0.25, 0.3) is 0 Å². The lowest BCUT2D eigenvalue weighted by atomic mass is 9.96. The van der Waals surface area contributed by atoms with Gasteiger partial charge in [0, 0.05) is 25.2 Å². The first-order valence-corrected chi connectivity index (χ1v) is 9.99. The molecule has 0 aromatic carbocycles. The van der Waals surface area contributed by atoms with E-state index in [2.05, 4.69) is 26.6 Å². The van der Waals surface area contributed by atoms with E-state index in [9.17, 15) is 14.4 Å². The van der Waals surface area contributed by atoms with Crippen molar-refractivity contribution in [2.24, 2.45) is 0 Å². The van der Waals surface area contributed by atoms with E-state index < -0.39 is 0 Å². The molecule has 2 saturated carbocycles. The van der Waals surface area contributed by atoms with E-state index >= 15 is 0 Å². The van der Waals surface area contributed by atoms with E-state index in [1.807, 2.05) is 0 Å². The zero-order chi connectivity index (χ0) is 18.6. The molecule has 0 unspecified atom stereocenters. The highest BCUT2D eigenvalue weighted by molar-refractivity contribution is 5.84. The fraction of sp³-hybridized carbons (Fsp3) is 0.833. The van der Waals surface area contributed by atoms with Gasteiger partial charge in [-0.15, -0.1) is 0 Å². The monoisotopic (exact) mass is 367 g/mol. The lowest BCUT2D eigenvalue weighted by Crippen LogP contribution is -2.48. The van der Waals surface area contributed by atoms with Crippen LogP contribution in [0.2, 0.25) is 0 Å². The van der Waals surface area contributed by atoms with Crippen molar-refractivity contribution in [3.05, 3.63) is 0 Å². The van der Waals surface area contributed by atoms with Gasteiger partial charge in [-0.2, -0.15) is 0 Å². The van der Waals surface area contributed by atoms with Crippen LogP contribution in [0.25, 0.3) is 0 Å². The normalized spacial score (nSPS) is 18.6. The Morgan fingerprint density at radius 2 is 1.08 bits per heavy atom. The third kappa shape index (κ3) is 8.40. The standard InChI is InChI=1S/C18H33N5O3/c24-16(13-21-18(26)23-15-9-5-2-6-10-15)19-11-12-20-17(25)22-14-7-3-1-4-8-14/h14-15H,1-13H2,(H,19,24)(H2,20,22,25)(H2,21,23,26). The molecule has 0 spiro atoms. The Kier molecular flexibility index (Phi) is 9.06. The second-order valence-electron chi connectivity index (χ2n) is 7.25. The Morgan fingerprint density at radius 1 is 0.615 bits per heavy atom. The van der Waals surface area contributed by atoms with Gasteiger partial charge in [-0.05, 0) is 25.7 Å². The first-order valence-electron chi connectivity index (χ1n) is 9.99. The molecule has 2 fully saturated rings. The molecule has 0 bridgehead atoms. The molecule has 8 nitrogen and oxygen atoms in total. The van der Waals surface area contributed by atoms with Crippen LogP contribution in [0.15, 0.2) is 0 Å². The van der Waals surface area contributed by atoms with E-state index in [0.717, 1.165) is 38.5 Å². The Morgan fingerprint density at radius 3 is 1.62 bits per heavy atom. The summed E-state index contributed by atoms with van der Waals surface area (Å²) in [6.07, 6.45) is 11.2. The molecule has 2 rings (SSSR count). The SMILES string of the molecule is O=C(CNC(=O)NC1CCCCC1)NCCNC(=O)NC1CCCCC1. The molecule has 0 atom stereocenters. The van der Waals surface area contributed by atoms with Crippen molar-refractivity contribution in [1.29, 1.82) is 0 Å². The van der Waals surface area contributed by atoms with Crippen LogP contribution in [-0.4, -0.2) is 49.7 Å². The average molecular weight is 367 g/mol. The molecule has 148 valence electrons. The average Bonchev–Trinajstić information content (AvgIpc) is 2.65. The van der Waals surface area contributed by atoms with Crippen molar-refractivity contribution < 1.29 is 14.4 Å². The highest BCUT2D eigenvalue weighted by Gasteiger charge is 2.16. The fourth-order valence-electron chi connectivity index (χ4n) is 3.57. The summed E-state index contributed by atoms with van der Waals surface area (Å²) < 4.78 is 0. The Balaban J connectivity index is 1.46. The van der Waals surface area contributed by atoms with Crippen molar-refractivity contribution in [3.63, 3.8) is 0 Å². The molecule has 0 aromatic heterocycles. The molecule has 2 aliphatic carbocycles. The summed E-state index contributed by atoms with van der Waals surface area (Å²) in [5.41, 5.74) is 0. The van der Waals surface area contributed by atoms with E-state index in [4.69, 9.17) is 0 Å². The maximum absolute atomic E-state index is 11.8. The van der Waals surface area contributed by atoms with Gasteiger partial charge in [0.15, 0.2) is 0 Å². The molecule has 0 saturated heterocycles. The molecule has 0 radical (unpaired) electrons. The quantitative estimate of drug-likeness (QED) is 0.438. The van der Waals surface area contributed by atoms with Gasteiger partial charge in [-0.25, -0.2) is 9.59 Å². The van der Waals surface area contributed by atoms with Crippen molar-refractivity contribution in [2.45, 2.75) is 76.3 Å². The van der Waals surface area contributed by atoms with Gasteiger partial charge in [0.05, 0.1) is 6.54 Å². The highest BCUT2D eigenvalue weighted by Crippen LogP contribution is 2.17. The lowest BCUT2D eigenvalue weighted by Gasteiger charge is -2.23. The number of amides is 5. The van der Waals surface area contributed by atoms with Crippen LogP contribution >= 0.6 is 0 Å². The number of hydrogen-bond acceptors (Lipinski definition) is 3. The molecule has 5 N–H and O–H groups in total. The maximum atomic E-state index is 11.8. The van der Waals surface area contributed by atoms with Gasteiger partial charge in [-0.1, -0.05) is 38.5 Å². The zero-order valence-electron chi connectivity index (χ0n) is 15.6. The predicted octanol–water partition coefficient (Wildman–Crippen LogP) is 1.37. The number of carbonyl (C=O) groups excluding carboxylic acids is 3. The van der Waals surface area contributed by atoms with E-state index in [1.165, 1.54) is 25.7 Å². The Hall–Kier alpha value is -1.99. The van der Waals surface area contributed by atoms with Crippen LogP contribution < -0.4 is 26.6 Å². The molecule has 0 aromatic rings. The minimum atomic E-state index is -0.294. The first kappa shape index (κ1) is 20.3. The van der Waals surface area contributed by atoms with Gasteiger partial charge in [0.1, 0.15) is 0 Å². The number of urea groups is 2. The number of rotatable bonds is 7. The van der Waals surface area contributed by atoms with Crippen molar-refractivity contribution in [1.82, 2.24) is 26.6 Å². The Bertz CT molecular complexity index is 460. The van der Waals surface area contributed by atoms with Crippen LogP contribution in [0.5, 0.6) is 0 Å². The molecule has 5 amide bonds. The van der Waals surface area contributed by atoms with E-state index in [1.54, 1.807) is 0 Å². The highest BCUT2D eigenvalue weighted by atomic mass is 16.2. The van der Waals surface area contributed by atoms with Crippen LogP contribution in [0.1, 0.15) is 64.2 Å². The molecule has 26 heavy (non-hydrogen) atoms. The van der Waals surface area contributed by atoms with Gasteiger partial charge in [-0.3, -0.25) is 4.79 Å². The van der Waals surface area contributed by atoms with Crippen LogP contribution in [0, 0.1) is 0 Å². The minimum absolute atomic E-state index is 0.0627. The van der Waals surface area contributed by atoms with E-state index in [-0.39, 0.29) is 36.6 Å². The maximum Gasteiger partial charge on any atom is 0.315 e. The van der Waals surface area contributed by atoms with Gasteiger partial charge in [0.2, 0.25) is 5.91 Å². The van der Waals surface area contributed by atoms with Crippen molar-refractivity contribution in [3.8, 4) is 0 Å². The lowest BCUT2D eigenvalue weighted by molar-refractivity contribution is -0.120.